The van der Waals surface area contributed by atoms with Gasteiger partial charge in [-0.15, -0.1) is 0 Å². The van der Waals surface area contributed by atoms with E-state index in [1.165, 1.54) is 12.1 Å². The molecule has 3 amide bonds. The summed E-state index contributed by atoms with van der Waals surface area (Å²) in [4.78, 5) is 38.7. The third kappa shape index (κ3) is 10.8. The molecule has 0 unspecified atom stereocenters. The number of benzene rings is 2. The first kappa shape index (κ1) is 30.6. The van der Waals surface area contributed by atoms with Gasteiger partial charge in [-0.05, 0) is 57.2 Å². The van der Waals surface area contributed by atoms with Crippen molar-refractivity contribution in [1.29, 1.82) is 0 Å². The maximum atomic E-state index is 13.2. The van der Waals surface area contributed by atoms with E-state index >= 15 is 0 Å². The zero-order valence-electron chi connectivity index (χ0n) is 22.5. The minimum Gasteiger partial charge on any atom is -0.444 e. The summed E-state index contributed by atoms with van der Waals surface area (Å²) >= 11 is 0. The number of nitrogens with zero attached hydrogens (tertiary/aromatic N) is 1. The van der Waals surface area contributed by atoms with Crippen LogP contribution in [0.25, 0.3) is 0 Å². The number of hydrogen-bond acceptors (Lipinski definition) is 6. The lowest BCUT2D eigenvalue weighted by Crippen LogP contribution is -2.55. The zero-order valence-corrected chi connectivity index (χ0v) is 23.3. The number of ether oxygens (including phenoxy) is 1. The molecule has 0 aromatic heterocycles. The lowest BCUT2D eigenvalue weighted by Gasteiger charge is -2.27. The van der Waals surface area contributed by atoms with Crippen LogP contribution in [0, 0.1) is 5.92 Å². The van der Waals surface area contributed by atoms with E-state index in [-0.39, 0.29) is 17.4 Å². The second-order valence-electron chi connectivity index (χ2n) is 10.2. The van der Waals surface area contributed by atoms with E-state index < -0.39 is 39.4 Å². The average Bonchev–Trinajstić information content (AvgIpc) is 2.84. The van der Waals surface area contributed by atoms with E-state index in [1.54, 1.807) is 39.0 Å². The second kappa shape index (κ2) is 13.8. The molecule has 0 radical (unpaired) electrons. The molecule has 0 aliphatic carbocycles. The molecule has 0 heterocycles. The highest BCUT2D eigenvalue weighted by Crippen LogP contribution is 2.13. The van der Waals surface area contributed by atoms with Crippen molar-refractivity contribution in [3.8, 4) is 0 Å². The fourth-order valence-corrected chi connectivity index (χ4v) is 4.39. The Morgan fingerprint density at radius 3 is 2.11 bits per heavy atom. The normalized spacial score (nSPS) is 12.7. The quantitative estimate of drug-likeness (QED) is 0.345. The number of sulfone groups is 1. The van der Waals surface area contributed by atoms with Crippen molar-refractivity contribution < 1.29 is 27.5 Å². The molecular formula is C28H37N3O6S. The molecule has 9 nitrogen and oxygen atoms in total. The summed E-state index contributed by atoms with van der Waals surface area (Å²) in [5.41, 5.74) is 2.73. The molecule has 10 heteroatoms. The fraction of sp³-hybridized carbons (Fsp3) is 0.393. The molecule has 2 aromatic rings. The standard InChI is InChI=1S/C28H37N3O6S/c1-21(2)20-24(29-27(34)37-28(3,4)5)26(33)30-31(18-16-22-12-8-6-9-13-22)25(32)17-19-38(35,36)23-14-10-7-11-15-23/h6-15,17,19,21,24H,16,18,20H2,1-5H3,(H,29,34)(H,30,33)/b19-17+/t24-/m0/s1. The summed E-state index contributed by atoms with van der Waals surface area (Å²) in [7, 11) is -3.86. The third-order valence-electron chi connectivity index (χ3n) is 5.15. The Bertz CT molecular complexity index is 1210. The summed E-state index contributed by atoms with van der Waals surface area (Å²) in [6, 6.07) is 16.1. The van der Waals surface area contributed by atoms with Crippen LogP contribution in [-0.4, -0.2) is 49.5 Å². The van der Waals surface area contributed by atoms with Gasteiger partial charge in [0.15, 0.2) is 9.84 Å². The maximum Gasteiger partial charge on any atom is 0.408 e. The van der Waals surface area contributed by atoms with Gasteiger partial charge < -0.3 is 10.1 Å². The van der Waals surface area contributed by atoms with E-state index in [2.05, 4.69) is 10.7 Å². The molecule has 0 bridgehead atoms. The number of alkyl carbamates (subject to hydrolysis) is 1. The Morgan fingerprint density at radius 1 is 0.974 bits per heavy atom. The Balaban J connectivity index is 2.24. The molecule has 2 aromatic carbocycles. The molecule has 0 saturated carbocycles. The first-order chi connectivity index (χ1) is 17.8. The van der Waals surface area contributed by atoms with Crippen molar-refractivity contribution in [2.45, 2.75) is 64.0 Å². The number of carbonyl (C=O) groups is 3. The molecule has 0 fully saturated rings. The van der Waals surface area contributed by atoms with Crippen molar-refractivity contribution in [2.24, 2.45) is 5.92 Å². The third-order valence-corrected chi connectivity index (χ3v) is 6.58. The highest BCUT2D eigenvalue weighted by molar-refractivity contribution is 7.94. The largest absolute Gasteiger partial charge is 0.444 e. The van der Waals surface area contributed by atoms with Gasteiger partial charge in [0.05, 0.1) is 4.90 Å². The highest BCUT2D eigenvalue weighted by atomic mass is 32.2. The first-order valence-electron chi connectivity index (χ1n) is 12.4. The van der Waals surface area contributed by atoms with Gasteiger partial charge in [0.2, 0.25) is 0 Å². The van der Waals surface area contributed by atoms with Crippen LogP contribution in [0.4, 0.5) is 4.79 Å². The SMILES string of the molecule is CC(C)C[C@H](NC(=O)OC(C)(C)C)C(=O)NN(CCc1ccccc1)C(=O)/C=C/S(=O)(=O)c1ccccc1. The van der Waals surface area contributed by atoms with Gasteiger partial charge in [-0.3, -0.25) is 20.0 Å². The van der Waals surface area contributed by atoms with Crippen molar-refractivity contribution in [1.82, 2.24) is 15.8 Å². The molecule has 0 aliphatic rings. The maximum absolute atomic E-state index is 13.2. The summed E-state index contributed by atoms with van der Waals surface area (Å²) in [5, 5.41) is 4.44. The van der Waals surface area contributed by atoms with Crippen molar-refractivity contribution >= 4 is 27.7 Å². The van der Waals surface area contributed by atoms with Crippen molar-refractivity contribution in [3.05, 3.63) is 77.7 Å². The van der Waals surface area contributed by atoms with Crippen LogP contribution in [0.5, 0.6) is 0 Å². The minimum absolute atomic E-state index is 0.0440. The number of hydrogen-bond donors (Lipinski definition) is 2. The lowest BCUT2D eigenvalue weighted by atomic mass is 10.0. The van der Waals surface area contributed by atoms with E-state index in [0.717, 1.165) is 22.1 Å². The van der Waals surface area contributed by atoms with Crippen LogP contribution in [0.2, 0.25) is 0 Å². The van der Waals surface area contributed by atoms with Gasteiger partial charge in [0, 0.05) is 18.0 Å². The Hall–Kier alpha value is -3.66. The number of carbonyl (C=O) groups excluding carboxylic acids is 3. The van der Waals surface area contributed by atoms with Gasteiger partial charge in [-0.2, -0.15) is 0 Å². The zero-order chi connectivity index (χ0) is 28.3. The topological polar surface area (TPSA) is 122 Å². The van der Waals surface area contributed by atoms with E-state index in [1.807, 2.05) is 44.2 Å². The van der Waals surface area contributed by atoms with Gasteiger partial charge >= 0.3 is 6.09 Å². The molecule has 2 N–H and O–H groups in total. The van der Waals surface area contributed by atoms with Gasteiger partial charge in [-0.25, -0.2) is 13.2 Å². The van der Waals surface area contributed by atoms with Crippen LogP contribution in [0.3, 0.4) is 0 Å². The number of hydrazine groups is 1. The van der Waals surface area contributed by atoms with Gasteiger partial charge in [-0.1, -0.05) is 62.4 Å². The second-order valence-corrected chi connectivity index (χ2v) is 12.0. The summed E-state index contributed by atoms with van der Waals surface area (Å²) in [6.07, 6.45) is 0.853. The van der Waals surface area contributed by atoms with Gasteiger partial charge in [0.25, 0.3) is 11.8 Å². The number of amides is 3. The molecule has 1 atom stereocenters. The predicted octanol–water partition coefficient (Wildman–Crippen LogP) is 4.02. The first-order valence-corrected chi connectivity index (χ1v) is 13.9. The molecule has 2 rings (SSSR count). The van der Waals surface area contributed by atoms with Crippen molar-refractivity contribution in [3.63, 3.8) is 0 Å². The predicted molar refractivity (Wildman–Crippen MR) is 145 cm³/mol. The molecule has 206 valence electrons. The van der Waals surface area contributed by atoms with Crippen LogP contribution in [0.15, 0.2) is 77.0 Å². The fourth-order valence-electron chi connectivity index (χ4n) is 3.40. The van der Waals surface area contributed by atoms with E-state index in [4.69, 9.17) is 4.74 Å². The highest BCUT2D eigenvalue weighted by Gasteiger charge is 2.27. The molecule has 38 heavy (non-hydrogen) atoms. The minimum atomic E-state index is -3.86. The monoisotopic (exact) mass is 543 g/mol. The Labute approximate surface area is 225 Å². The van der Waals surface area contributed by atoms with Crippen molar-refractivity contribution in [2.75, 3.05) is 6.54 Å². The Morgan fingerprint density at radius 2 is 1.55 bits per heavy atom. The summed E-state index contributed by atoms with van der Waals surface area (Å²) in [6.45, 7) is 9.00. The van der Waals surface area contributed by atoms with E-state index in [9.17, 15) is 22.8 Å². The van der Waals surface area contributed by atoms with E-state index in [0.29, 0.717) is 12.8 Å². The Kier molecular flexibility index (Phi) is 11.1. The molecule has 0 aliphatic heterocycles. The molecule has 0 spiro atoms. The average molecular weight is 544 g/mol. The lowest BCUT2D eigenvalue weighted by molar-refractivity contribution is -0.139. The summed E-state index contributed by atoms with van der Waals surface area (Å²) < 4.78 is 30.5. The molecule has 0 saturated heterocycles. The van der Waals surface area contributed by atoms with Crippen LogP contribution in [-0.2, 0) is 30.6 Å². The number of nitrogens with one attached hydrogen (secondary N) is 2. The van der Waals surface area contributed by atoms with Crippen LogP contribution < -0.4 is 10.7 Å². The molecular weight excluding hydrogens is 506 g/mol. The van der Waals surface area contributed by atoms with Crippen LogP contribution >= 0.6 is 0 Å². The smallest absolute Gasteiger partial charge is 0.408 e. The summed E-state index contributed by atoms with van der Waals surface area (Å²) in [5.74, 6) is -1.30. The number of rotatable bonds is 10. The van der Waals surface area contributed by atoms with Crippen LogP contribution in [0.1, 0.15) is 46.6 Å². The van der Waals surface area contributed by atoms with Gasteiger partial charge in [0.1, 0.15) is 11.6 Å².